The second kappa shape index (κ2) is 68.3. The molecule has 3 aliphatic rings. The van der Waals surface area contributed by atoms with Crippen molar-refractivity contribution in [1.82, 2.24) is 19.9 Å². The fraction of sp³-hybridized carbons (Fsp3) is 0.437. The molecule has 508 valence electrons. The number of benzene rings is 4. The molecule has 22 heteroatoms. The van der Waals surface area contributed by atoms with Gasteiger partial charge in [-0.25, -0.2) is 14.4 Å². The van der Waals surface area contributed by atoms with Gasteiger partial charge in [0.05, 0.1) is 34.0 Å². The number of nitrogens with one attached hydrogen (secondary N) is 5. The second-order valence-electron chi connectivity index (χ2n) is 17.9. The average molecular weight is 1640 g/mol. The van der Waals surface area contributed by atoms with E-state index in [9.17, 15) is 14.0 Å². The molecule has 4 radical (unpaired) electrons. The van der Waals surface area contributed by atoms with Crippen molar-refractivity contribution < 1.29 is 159 Å². The van der Waals surface area contributed by atoms with Crippen LogP contribution in [-0.2, 0) is 131 Å². The van der Waals surface area contributed by atoms with Crippen molar-refractivity contribution in [1.29, 1.82) is 15.5 Å². The first-order valence-corrected chi connectivity index (χ1v) is 35.6. The predicted molar refractivity (Wildman–Crippen MR) is 390 cm³/mol. The maximum Gasteiger partial charge on any atom is 0.255 e. The van der Waals surface area contributed by atoms with Gasteiger partial charge < -0.3 is 63.4 Å². The van der Waals surface area contributed by atoms with E-state index in [0.29, 0.717) is 42.4 Å². The Morgan fingerprint density at radius 3 is 0.946 bits per heavy atom. The maximum atomic E-state index is 12.8. The van der Waals surface area contributed by atoms with Crippen molar-refractivity contribution in [3.8, 4) is 29.0 Å². The molecule has 14 nitrogen and oxygen atoms in total. The summed E-state index contributed by atoms with van der Waals surface area (Å²) < 4.78 is 39.1. The largest absolute Gasteiger partial charge is 0.494 e. The van der Waals surface area contributed by atoms with Crippen molar-refractivity contribution >= 4 is 66.2 Å². The summed E-state index contributed by atoms with van der Waals surface area (Å²) in [7, 11) is 2.45. The zero-order valence-corrected chi connectivity index (χ0v) is 73.6. The number of aromatic nitrogens is 4. The van der Waals surface area contributed by atoms with E-state index in [-0.39, 0.29) is 201 Å². The number of halogens is 1. The fourth-order valence-electron chi connectivity index (χ4n) is 8.37. The third-order valence-electron chi connectivity index (χ3n) is 12.3. The molecule has 3 aliphatic heterocycles. The summed E-state index contributed by atoms with van der Waals surface area (Å²) in [4.78, 5) is 36.1. The van der Waals surface area contributed by atoms with Crippen LogP contribution in [0, 0.1) is 51.0 Å². The van der Waals surface area contributed by atoms with Gasteiger partial charge in [-0.05, 0) is 197 Å². The SMILES string of the molecule is CC.CC.CC.CC.CCOc1ccc2c(=O)[nH]ccc2c1.CCOc1ccc2c(=O)[nH]ccc2c1.CCOc1ccc2c(OC)nccc2c1.COc1nccc2cc(F)ccc12.N=[P+]1CCCCC1.N=[P+]1CCCCC1.N=[P+]1CCCCC1.[CH3-].[CH3-].[CH3-].[CH3-].[Y].[Y].[Y].[Y]. The van der Waals surface area contributed by atoms with Gasteiger partial charge >= 0.3 is 0 Å². The molecule has 0 bridgehead atoms. The summed E-state index contributed by atoms with van der Waals surface area (Å²) in [6.45, 7) is 23.8. The molecule has 3 saturated heterocycles. The molecule has 0 atom stereocenters. The summed E-state index contributed by atoms with van der Waals surface area (Å²) >= 11 is 0. The molecular formula is C71H112FN7O7P3Y4-. The number of hydrogen-bond donors (Lipinski definition) is 5. The van der Waals surface area contributed by atoms with E-state index in [1.54, 1.807) is 75.4 Å². The van der Waals surface area contributed by atoms with Gasteiger partial charge in [-0.2, -0.15) is 0 Å². The van der Waals surface area contributed by atoms with Gasteiger partial charge in [0.15, 0.2) is 23.1 Å². The van der Waals surface area contributed by atoms with Crippen LogP contribution in [0.2, 0.25) is 0 Å². The number of methoxy groups -OCH3 is 2. The molecule has 0 spiro atoms. The van der Waals surface area contributed by atoms with Gasteiger partial charge in [0.2, 0.25) is 11.8 Å². The van der Waals surface area contributed by atoms with Crippen molar-refractivity contribution in [2.45, 2.75) is 134 Å². The topological polar surface area (TPSA) is 209 Å². The molecule has 8 aromatic rings. The third kappa shape index (κ3) is 43.0. The van der Waals surface area contributed by atoms with Crippen molar-refractivity contribution in [2.24, 2.45) is 0 Å². The molecule has 5 N–H and O–H groups in total. The van der Waals surface area contributed by atoms with Gasteiger partial charge in [-0.1, -0.05) is 55.4 Å². The van der Waals surface area contributed by atoms with Crippen molar-refractivity contribution in [2.75, 3.05) is 71.0 Å². The van der Waals surface area contributed by atoms with Crippen LogP contribution in [-0.4, -0.2) is 90.9 Å². The van der Waals surface area contributed by atoms with E-state index >= 15 is 0 Å². The van der Waals surface area contributed by atoms with Crippen LogP contribution in [0.4, 0.5) is 4.39 Å². The van der Waals surface area contributed by atoms with E-state index < -0.39 is 0 Å². The molecule has 11 rings (SSSR count). The summed E-state index contributed by atoms with van der Waals surface area (Å²) in [6, 6.07) is 28.7. The van der Waals surface area contributed by atoms with E-state index in [4.69, 9.17) is 39.2 Å². The average Bonchev–Trinajstić information content (AvgIpc) is 1.91. The zero-order chi connectivity index (χ0) is 63.2. The zero-order valence-electron chi connectivity index (χ0n) is 59.6. The Balaban J connectivity index is -0.000000148. The first kappa shape index (κ1) is 107. The van der Waals surface area contributed by atoms with Crippen molar-refractivity contribution in [3.63, 3.8) is 0 Å². The van der Waals surface area contributed by atoms with Crippen LogP contribution in [0.15, 0.2) is 131 Å². The molecule has 0 unspecified atom stereocenters. The molecular weight excluding hydrogens is 1530 g/mol. The number of H-pyrrole nitrogens is 2. The number of hydrogen-bond acceptors (Lipinski definition) is 12. The molecule has 0 aliphatic carbocycles. The van der Waals surface area contributed by atoms with E-state index in [1.807, 2.05) is 125 Å². The molecule has 4 aromatic carbocycles. The minimum Gasteiger partial charge on any atom is -0.494 e. The quantitative estimate of drug-likeness (QED) is 0.0723. The number of nitrogens with zero attached hydrogens (tertiary/aromatic N) is 2. The summed E-state index contributed by atoms with van der Waals surface area (Å²) in [6.07, 6.45) is 26.0. The number of rotatable bonds is 8. The van der Waals surface area contributed by atoms with E-state index in [1.165, 1.54) is 107 Å². The Morgan fingerprint density at radius 2 is 0.677 bits per heavy atom. The molecule has 93 heavy (non-hydrogen) atoms. The Morgan fingerprint density at radius 1 is 0.409 bits per heavy atom. The van der Waals surface area contributed by atoms with Gasteiger partial charge in [0.1, 0.15) is 60.0 Å². The Kier molecular flexibility index (Phi) is 78.4. The second-order valence-corrected chi connectivity index (χ2v) is 23.9. The van der Waals surface area contributed by atoms with Gasteiger partial charge in [0.25, 0.3) is 11.1 Å². The Bertz CT molecular complexity index is 3120. The van der Waals surface area contributed by atoms with Crippen LogP contribution in [0.5, 0.6) is 29.0 Å². The first-order valence-electron chi connectivity index (χ1n) is 30.5. The smallest absolute Gasteiger partial charge is 0.255 e. The maximum absolute atomic E-state index is 12.8. The number of pyridine rings is 4. The number of fused-ring (bicyclic) bond motifs is 4. The summed E-state index contributed by atoms with van der Waals surface area (Å²) in [5, 5.41) is 28.9. The first-order chi connectivity index (χ1) is 41.5. The summed E-state index contributed by atoms with van der Waals surface area (Å²) in [5.41, 5.74) is -0.129. The van der Waals surface area contributed by atoms with E-state index in [2.05, 4.69) is 19.9 Å². The Hall–Kier alpha value is -2.23. The van der Waals surface area contributed by atoms with E-state index in [0.717, 1.165) is 49.6 Å². The minimum atomic E-state index is -0.249. The normalized spacial score (nSPS) is 11.6. The monoisotopic (exact) mass is 1640 g/mol. The fourth-order valence-corrected chi connectivity index (χ4v) is 12.7. The number of ether oxygens (including phenoxy) is 5. The number of aromatic amines is 2. The molecule has 3 fully saturated rings. The standard InChI is InChI=1S/C12H13NO2.2C11H11NO2.C10H8FNO.3C5H11NP.4C2H6.4CH3.4Y/c1-3-15-10-4-5-11-9(8-10)6-7-13-12(11)14-2;2*1-2-14-9-3-4-10-8(7-9)5-6-12-11(10)13;1-13-10-9-3-2-8(11)6-7(9)4-5-12-10;3*6-7-4-2-1-3-5-7;4*1-2;;;;;;;;/h4-8H,3H2,1-2H3;2*3-7H,2H2,1H3,(H,12,13);2-6H,1H3;3*6H,1-5H2;4*1-2H3;4*1H3;;;;/q;;;;3*+1;;;;;4*-1;;;;. The molecule has 0 saturated carbocycles. The van der Waals surface area contributed by atoms with Crippen LogP contribution >= 0.6 is 23.1 Å². The predicted octanol–water partition coefficient (Wildman–Crippen LogP) is 22.0. The van der Waals surface area contributed by atoms with Crippen LogP contribution in [0.25, 0.3) is 43.1 Å². The van der Waals surface area contributed by atoms with Gasteiger partial charge in [-0.15, -0.1) is 15.5 Å². The van der Waals surface area contributed by atoms with Crippen LogP contribution in [0.3, 0.4) is 0 Å². The van der Waals surface area contributed by atoms with Crippen LogP contribution in [0.1, 0.15) is 134 Å². The van der Waals surface area contributed by atoms with Crippen molar-refractivity contribution in [3.05, 3.63) is 178 Å². The molecule has 0 amide bonds. The third-order valence-corrected chi connectivity index (χ3v) is 17.4. The Labute approximate surface area is 664 Å². The summed E-state index contributed by atoms with van der Waals surface area (Å²) in [5.74, 6) is 3.39. The minimum absolute atomic E-state index is 0. The van der Waals surface area contributed by atoms with Gasteiger partial charge in [-0.3, -0.25) is 9.59 Å². The molecule has 4 aromatic heterocycles. The van der Waals surface area contributed by atoms with Gasteiger partial charge in [0, 0.05) is 177 Å². The molecule has 7 heterocycles. The van der Waals surface area contributed by atoms with Crippen LogP contribution < -0.4 is 34.8 Å².